The van der Waals surface area contributed by atoms with Crippen molar-refractivity contribution in [3.8, 4) is 0 Å². The lowest BCUT2D eigenvalue weighted by Crippen LogP contribution is -2.19. The Hall–Kier alpha value is -1.38. The van der Waals surface area contributed by atoms with Crippen molar-refractivity contribution in [1.29, 1.82) is 0 Å². The third-order valence-electron chi connectivity index (χ3n) is 4.30. The molecule has 1 aliphatic rings. The van der Waals surface area contributed by atoms with Crippen LogP contribution in [0.2, 0.25) is 5.02 Å². The lowest BCUT2D eigenvalue weighted by Gasteiger charge is -2.18. The van der Waals surface area contributed by atoms with Crippen molar-refractivity contribution in [3.63, 3.8) is 0 Å². The summed E-state index contributed by atoms with van der Waals surface area (Å²) < 4.78 is 13.2. The van der Waals surface area contributed by atoms with Gasteiger partial charge in [0.15, 0.2) is 0 Å². The van der Waals surface area contributed by atoms with E-state index in [9.17, 15) is 4.39 Å². The summed E-state index contributed by atoms with van der Waals surface area (Å²) in [6, 6.07) is 11.9. The van der Waals surface area contributed by atoms with Gasteiger partial charge in [0.1, 0.15) is 5.82 Å². The van der Waals surface area contributed by atoms with E-state index in [0.717, 1.165) is 12.0 Å². The van der Waals surface area contributed by atoms with Crippen molar-refractivity contribution in [3.05, 3.63) is 69.5 Å². The highest BCUT2D eigenvalue weighted by Crippen LogP contribution is 2.27. The van der Waals surface area contributed by atoms with Crippen molar-refractivity contribution in [2.45, 2.75) is 31.7 Å². The second-order valence-corrected chi connectivity index (χ2v) is 6.08. The van der Waals surface area contributed by atoms with Crippen LogP contribution in [0.25, 0.3) is 0 Å². The molecule has 2 aromatic carbocycles. The Bertz CT molecular complexity index is 654. The molecule has 1 atom stereocenters. The minimum Gasteiger partial charge on any atom is -0.313 e. The molecule has 3 heteroatoms. The molecule has 2 aromatic rings. The zero-order valence-electron chi connectivity index (χ0n) is 12.1. The molecule has 21 heavy (non-hydrogen) atoms. The molecule has 0 fully saturated rings. The van der Waals surface area contributed by atoms with E-state index >= 15 is 0 Å². The molecule has 0 spiro atoms. The van der Waals surface area contributed by atoms with E-state index < -0.39 is 0 Å². The molecule has 1 unspecified atom stereocenters. The van der Waals surface area contributed by atoms with E-state index in [-0.39, 0.29) is 16.9 Å². The molecular weight excluding hydrogens is 285 g/mol. The fraction of sp³-hybridized carbons (Fsp3) is 0.333. The summed E-state index contributed by atoms with van der Waals surface area (Å²) >= 11 is 5.87. The predicted molar refractivity (Wildman–Crippen MR) is 85.4 cm³/mol. The van der Waals surface area contributed by atoms with Crippen molar-refractivity contribution < 1.29 is 4.39 Å². The number of hydrogen-bond donors (Lipinski definition) is 1. The first kappa shape index (κ1) is 14.6. The van der Waals surface area contributed by atoms with Gasteiger partial charge in [0.25, 0.3) is 0 Å². The monoisotopic (exact) mass is 303 g/mol. The first-order valence-electron chi connectivity index (χ1n) is 7.40. The van der Waals surface area contributed by atoms with Crippen molar-refractivity contribution >= 4 is 11.6 Å². The van der Waals surface area contributed by atoms with Crippen LogP contribution >= 0.6 is 11.6 Å². The number of rotatable bonds is 4. The molecule has 0 heterocycles. The summed E-state index contributed by atoms with van der Waals surface area (Å²) in [4.78, 5) is 0. The second kappa shape index (κ2) is 6.17. The molecule has 0 radical (unpaired) electrons. The molecule has 0 saturated carbocycles. The SMILES string of the molecule is CNC(Cc1ccc(F)c(Cl)c1)c1ccc2c(c1)CCC2. The van der Waals surface area contributed by atoms with Gasteiger partial charge >= 0.3 is 0 Å². The van der Waals surface area contributed by atoms with Gasteiger partial charge in [-0.15, -0.1) is 0 Å². The number of halogens is 2. The van der Waals surface area contributed by atoms with Crippen LogP contribution in [0.3, 0.4) is 0 Å². The van der Waals surface area contributed by atoms with Gasteiger partial charge in [0.05, 0.1) is 5.02 Å². The van der Waals surface area contributed by atoms with Crippen LogP contribution in [0.5, 0.6) is 0 Å². The summed E-state index contributed by atoms with van der Waals surface area (Å²) in [5.41, 5.74) is 5.29. The highest BCUT2D eigenvalue weighted by atomic mass is 35.5. The number of hydrogen-bond acceptors (Lipinski definition) is 1. The Balaban J connectivity index is 1.83. The summed E-state index contributed by atoms with van der Waals surface area (Å²) in [7, 11) is 1.96. The highest BCUT2D eigenvalue weighted by molar-refractivity contribution is 6.30. The first-order valence-corrected chi connectivity index (χ1v) is 7.78. The van der Waals surface area contributed by atoms with Gasteiger partial charge in [-0.25, -0.2) is 4.39 Å². The number of likely N-dealkylation sites (N-methyl/N-ethyl adjacent to an activating group) is 1. The zero-order valence-corrected chi connectivity index (χ0v) is 12.9. The molecule has 0 amide bonds. The first-order chi connectivity index (χ1) is 10.2. The Morgan fingerprint density at radius 2 is 1.95 bits per heavy atom. The fourth-order valence-corrected chi connectivity index (χ4v) is 3.30. The van der Waals surface area contributed by atoms with Gasteiger partial charge in [0.2, 0.25) is 0 Å². The fourth-order valence-electron chi connectivity index (χ4n) is 3.10. The molecule has 1 N–H and O–H groups in total. The lowest BCUT2D eigenvalue weighted by atomic mass is 9.96. The third-order valence-corrected chi connectivity index (χ3v) is 4.59. The van der Waals surface area contributed by atoms with Gasteiger partial charge in [-0.1, -0.05) is 35.9 Å². The maximum atomic E-state index is 13.2. The molecule has 0 aromatic heterocycles. The zero-order chi connectivity index (χ0) is 14.8. The van der Waals surface area contributed by atoms with E-state index in [1.807, 2.05) is 7.05 Å². The van der Waals surface area contributed by atoms with Crippen LogP contribution in [-0.4, -0.2) is 7.05 Å². The summed E-state index contributed by atoms with van der Waals surface area (Å²) in [5, 5.41) is 3.55. The molecule has 0 aliphatic heterocycles. The average Bonchev–Trinajstić information content (AvgIpc) is 2.95. The van der Waals surface area contributed by atoms with Crippen LogP contribution in [-0.2, 0) is 19.3 Å². The smallest absolute Gasteiger partial charge is 0.141 e. The Kier molecular flexibility index (Phi) is 4.27. The van der Waals surface area contributed by atoms with Crippen molar-refractivity contribution in [2.75, 3.05) is 7.05 Å². The molecule has 1 nitrogen and oxygen atoms in total. The predicted octanol–water partition coefficient (Wildman–Crippen LogP) is 4.47. The van der Waals surface area contributed by atoms with E-state index in [0.29, 0.717) is 0 Å². The Labute approximate surface area is 130 Å². The van der Waals surface area contributed by atoms with Crippen LogP contribution < -0.4 is 5.32 Å². The molecule has 0 saturated heterocycles. The van der Waals surface area contributed by atoms with Crippen LogP contribution in [0.4, 0.5) is 4.39 Å². The number of aryl methyl sites for hydroxylation is 2. The van der Waals surface area contributed by atoms with Crippen molar-refractivity contribution in [2.24, 2.45) is 0 Å². The standard InChI is InChI=1S/C18H19ClFN/c1-21-18(10-12-5-8-17(20)16(19)9-12)15-7-6-13-3-2-4-14(13)11-15/h5-9,11,18,21H,2-4,10H2,1H3. The molecule has 110 valence electrons. The third kappa shape index (κ3) is 3.12. The molecule has 1 aliphatic carbocycles. The largest absolute Gasteiger partial charge is 0.313 e. The maximum absolute atomic E-state index is 13.2. The molecule has 0 bridgehead atoms. The number of benzene rings is 2. The normalized spacial score (nSPS) is 15.0. The van der Waals surface area contributed by atoms with Gasteiger partial charge in [-0.3, -0.25) is 0 Å². The number of nitrogens with one attached hydrogen (secondary N) is 1. The lowest BCUT2D eigenvalue weighted by molar-refractivity contribution is 0.588. The van der Waals surface area contributed by atoms with Gasteiger partial charge < -0.3 is 5.32 Å². The van der Waals surface area contributed by atoms with E-state index in [1.54, 1.807) is 12.1 Å². The molecule has 3 rings (SSSR count). The highest BCUT2D eigenvalue weighted by Gasteiger charge is 2.16. The topological polar surface area (TPSA) is 12.0 Å². The van der Waals surface area contributed by atoms with Gasteiger partial charge in [-0.05, 0) is 67.1 Å². The van der Waals surface area contributed by atoms with Crippen LogP contribution in [0, 0.1) is 5.82 Å². The Morgan fingerprint density at radius 3 is 2.71 bits per heavy atom. The van der Waals surface area contributed by atoms with Gasteiger partial charge in [0, 0.05) is 6.04 Å². The Morgan fingerprint density at radius 1 is 1.14 bits per heavy atom. The minimum absolute atomic E-state index is 0.191. The number of fused-ring (bicyclic) bond motifs is 1. The summed E-state index contributed by atoms with van der Waals surface area (Å²) in [5.74, 6) is -0.362. The minimum atomic E-state index is -0.362. The molecular formula is C18H19ClFN. The van der Waals surface area contributed by atoms with E-state index in [2.05, 4.69) is 23.5 Å². The van der Waals surface area contributed by atoms with E-state index in [4.69, 9.17) is 11.6 Å². The van der Waals surface area contributed by atoms with Crippen molar-refractivity contribution in [1.82, 2.24) is 5.32 Å². The van der Waals surface area contributed by atoms with Crippen LogP contribution in [0.15, 0.2) is 36.4 Å². The average molecular weight is 304 g/mol. The van der Waals surface area contributed by atoms with Crippen LogP contribution in [0.1, 0.15) is 34.7 Å². The maximum Gasteiger partial charge on any atom is 0.141 e. The summed E-state index contributed by atoms with van der Waals surface area (Å²) in [6.07, 6.45) is 4.45. The van der Waals surface area contributed by atoms with Gasteiger partial charge in [-0.2, -0.15) is 0 Å². The van der Waals surface area contributed by atoms with E-state index in [1.165, 1.54) is 42.0 Å². The summed E-state index contributed by atoms with van der Waals surface area (Å²) in [6.45, 7) is 0. The quantitative estimate of drug-likeness (QED) is 0.878. The second-order valence-electron chi connectivity index (χ2n) is 5.68.